The molecule has 3 unspecified atom stereocenters. The van der Waals surface area contributed by atoms with Crippen molar-refractivity contribution >= 4 is 22.6 Å². The topological polar surface area (TPSA) is 0 Å². The molecule has 0 saturated heterocycles. The molecule has 1 aliphatic carbocycles. The Hall–Kier alpha value is 0.1000. The van der Waals surface area contributed by atoms with Gasteiger partial charge in [-0.05, 0) is 12.8 Å². The molecular formula is C11H12F9I. The molecule has 0 nitrogen and oxygen atoms in total. The highest BCUT2D eigenvalue weighted by Crippen LogP contribution is 2.59. The van der Waals surface area contributed by atoms with Crippen LogP contribution in [0.15, 0.2) is 0 Å². The maximum atomic E-state index is 14.3. The summed E-state index contributed by atoms with van der Waals surface area (Å²) in [6.45, 7) is 0. The van der Waals surface area contributed by atoms with Gasteiger partial charge in [0.2, 0.25) is 0 Å². The third kappa shape index (κ3) is 3.24. The molecule has 0 N–H and O–H groups in total. The summed E-state index contributed by atoms with van der Waals surface area (Å²) in [6.07, 6.45) is -12.9. The van der Waals surface area contributed by atoms with Crippen molar-refractivity contribution in [2.75, 3.05) is 0 Å². The molecule has 0 amide bonds. The second kappa shape index (κ2) is 5.95. The van der Waals surface area contributed by atoms with E-state index in [-0.39, 0.29) is 12.8 Å². The molecule has 126 valence electrons. The van der Waals surface area contributed by atoms with Gasteiger partial charge < -0.3 is 0 Å². The van der Waals surface area contributed by atoms with Gasteiger partial charge in [-0.1, -0.05) is 41.9 Å². The van der Waals surface area contributed by atoms with E-state index in [1.165, 1.54) is 22.6 Å². The molecule has 10 heteroatoms. The van der Waals surface area contributed by atoms with Gasteiger partial charge in [0.15, 0.2) is 0 Å². The van der Waals surface area contributed by atoms with Crippen molar-refractivity contribution in [3.8, 4) is 0 Å². The van der Waals surface area contributed by atoms with Gasteiger partial charge in [0.1, 0.15) is 0 Å². The van der Waals surface area contributed by atoms with Crippen LogP contribution in [0.3, 0.4) is 0 Å². The Bertz CT molecular complexity index is 362. The Morgan fingerprint density at radius 3 is 1.57 bits per heavy atom. The number of hydrogen-bond donors (Lipinski definition) is 0. The van der Waals surface area contributed by atoms with Crippen LogP contribution >= 0.6 is 22.6 Å². The fourth-order valence-electron chi connectivity index (χ4n) is 2.54. The Labute approximate surface area is 128 Å². The van der Waals surface area contributed by atoms with E-state index in [9.17, 15) is 39.5 Å². The average molecular weight is 442 g/mol. The minimum Gasteiger partial charge on any atom is -0.226 e. The molecule has 3 atom stereocenters. The fraction of sp³-hybridized carbons (Fsp3) is 1.00. The molecule has 21 heavy (non-hydrogen) atoms. The molecule has 0 aromatic heterocycles. The summed E-state index contributed by atoms with van der Waals surface area (Å²) in [5, 5.41) is 0. The molecule has 0 bridgehead atoms. The van der Waals surface area contributed by atoms with Crippen molar-refractivity contribution in [2.45, 2.75) is 60.0 Å². The first-order valence-corrected chi connectivity index (χ1v) is 7.35. The SMILES string of the molecule is FC(F)(F)C(F)(F)C(F)(C1CCCCCC1I)C(F)(F)F. The van der Waals surface area contributed by atoms with E-state index in [1.807, 2.05) is 0 Å². The third-order valence-electron chi connectivity index (χ3n) is 3.67. The summed E-state index contributed by atoms with van der Waals surface area (Å²) >= 11 is 1.34. The first-order chi connectivity index (χ1) is 9.27. The maximum absolute atomic E-state index is 14.3. The van der Waals surface area contributed by atoms with E-state index in [2.05, 4.69) is 0 Å². The lowest BCUT2D eigenvalue weighted by atomic mass is 9.78. The van der Waals surface area contributed by atoms with Crippen LogP contribution in [0, 0.1) is 5.92 Å². The number of rotatable bonds is 2. The van der Waals surface area contributed by atoms with Gasteiger partial charge in [0, 0.05) is 9.84 Å². The molecule has 1 rings (SSSR count). The van der Waals surface area contributed by atoms with Gasteiger partial charge in [-0.25, -0.2) is 4.39 Å². The minimum atomic E-state index is -6.61. The van der Waals surface area contributed by atoms with Crippen LogP contribution in [0.1, 0.15) is 32.1 Å². The van der Waals surface area contributed by atoms with E-state index in [4.69, 9.17) is 0 Å². The number of halogens is 10. The Morgan fingerprint density at radius 1 is 0.667 bits per heavy atom. The minimum absolute atomic E-state index is 0.0140. The van der Waals surface area contributed by atoms with Crippen molar-refractivity contribution in [1.29, 1.82) is 0 Å². The molecule has 0 aliphatic heterocycles. The molecule has 0 aromatic carbocycles. The van der Waals surface area contributed by atoms with Crippen LogP contribution in [0.2, 0.25) is 0 Å². The van der Waals surface area contributed by atoms with Gasteiger partial charge in [-0.3, -0.25) is 0 Å². The summed E-state index contributed by atoms with van der Waals surface area (Å²) in [4.78, 5) is 0. The molecule has 1 saturated carbocycles. The van der Waals surface area contributed by atoms with Crippen LogP contribution in [0.4, 0.5) is 39.5 Å². The first kappa shape index (κ1) is 19.1. The van der Waals surface area contributed by atoms with Crippen molar-refractivity contribution in [3.05, 3.63) is 0 Å². The summed E-state index contributed by atoms with van der Waals surface area (Å²) in [6, 6.07) is 0. The van der Waals surface area contributed by atoms with E-state index in [1.54, 1.807) is 0 Å². The summed E-state index contributed by atoms with van der Waals surface area (Å²) in [5.74, 6) is -8.92. The van der Waals surface area contributed by atoms with Gasteiger partial charge in [0.05, 0.1) is 0 Å². The smallest absolute Gasteiger partial charge is 0.226 e. The highest BCUT2D eigenvalue weighted by atomic mass is 127. The first-order valence-electron chi connectivity index (χ1n) is 6.11. The van der Waals surface area contributed by atoms with Gasteiger partial charge in [-0.15, -0.1) is 0 Å². The lowest BCUT2D eigenvalue weighted by Crippen LogP contribution is -2.66. The number of alkyl halides is 10. The predicted molar refractivity (Wildman–Crippen MR) is 65.3 cm³/mol. The zero-order valence-electron chi connectivity index (χ0n) is 10.5. The summed E-state index contributed by atoms with van der Waals surface area (Å²) < 4.78 is 115. The second-order valence-corrected chi connectivity index (χ2v) is 6.64. The normalized spacial score (nSPS) is 28.9. The fourth-order valence-corrected chi connectivity index (χ4v) is 3.83. The molecule has 1 fully saturated rings. The highest BCUT2D eigenvalue weighted by Gasteiger charge is 2.83. The maximum Gasteiger partial charge on any atom is 0.457 e. The van der Waals surface area contributed by atoms with Crippen LogP contribution in [-0.4, -0.2) is 27.9 Å². The standard InChI is InChI=1S/C11H12F9I/c12-8(10(15,16)17,9(13,14)11(18,19)20)6-4-2-1-3-5-7(6)21/h6-7H,1-5H2. The van der Waals surface area contributed by atoms with Crippen molar-refractivity contribution in [2.24, 2.45) is 5.92 Å². The Morgan fingerprint density at radius 2 is 1.14 bits per heavy atom. The molecule has 0 spiro atoms. The van der Waals surface area contributed by atoms with Gasteiger partial charge in [-0.2, -0.15) is 35.1 Å². The third-order valence-corrected chi connectivity index (χ3v) is 5.16. The lowest BCUT2D eigenvalue weighted by molar-refractivity contribution is -0.395. The zero-order valence-corrected chi connectivity index (χ0v) is 12.6. The molecule has 0 heterocycles. The van der Waals surface area contributed by atoms with Gasteiger partial charge >= 0.3 is 18.3 Å². The van der Waals surface area contributed by atoms with Gasteiger partial charge in [0.25, 0.3) is 5.67 Å². The molecule has 1 aliphatic rings. The van der Waals surface area contributed by atoms with E-state index in [0.29, 0.717) is 12.8 Å². The number of hydrogen-bond acceptors (Lipinski definition) is 0. The van der Waals surface area contributed by atoms with E-state index < -0.39 is 40.2 Å². The van der Waals surface area contributed by atoms with Crippen LogP contribution in [-0.2, 0) is 0 Å². The van der Waals surface area contributed by atoms with Crippen molar-refractivity contribution < 1.29 is 39.5 Å². The molecule has 0 aromatic rings. The highest BCUT2D eigenvalue weighted by molar-refractivity contribution is 14.1. The Kier molecular flexibility index (Phi) is 5.43. The van der Waals surface area contributed by atoms with E-state index >= 15 is 0 Å². The van der Waals surface area contributed by atoms with Crippen LogP contribution < -0.4 is 0 Å². The summed E-state index contributed by atoms with van der Waals surface area (Å²) in [7, 11) is 0. The van der Waals surface area contributed by atoms with Crippen molar-refractivity contribution in [1.82, 2.24) is 0 Å². The van der Waals surface area contributed by atoms with E-state index in [0.717, 1.165) is 0 Å². The molecule has 0 radical (unpaired) electrons. The average Bonchev–Trinajstić information content (AvgIpc) is 2.49. The quantitative estimate of drug-likeness (QED) is 0.218. The monoisotopic (exact) mass is 442 g/mol. The zero-order chi connectivity index (χ0) is 16.7. The van der Waals surface area contributed by atoms with Crippen molar-refractivity contribution in [3.63, 3.8) is 0 Å². The second-order valence-electron chi connectivity index (χ2n) is 5.04. The lowest BCUT2D eigenvalue weighted by Gasteiger charge is -2.42. The molecular weight excluding hydrogens is 430 g/mol. The summed E-state index contributed by atoms with van der Waals surface area (Å²) in [5.41, 5.74) is -5.62. The van der Waals surface area contributed by atoms with Crippen LogP contribution in [0.25, 0.3) is 0 Å². The van der Waals surface area contributed by atoms with Crippen LogP contribution in [0.5, 0.6) is 0 Å². The largest absolute Gasteiger partial charge is 0.457 e. The predicted octanol–water partition coefficient (Wildman–Crippen LogP) is 5.84. The Balaban J connectivity index is 3.40.